The van der Waals surface area contributed by atoms with Gasteiger partial charge in [-0.15, -0.1) is 10.2 Å². The predicted octanol–water partition coefficient (Wildman–Crippen LogP) is 1.62. The van der Waals surface area contributed by atoms with E-state index in [0.29, 0.717) is 5.92 Å². The molecular weight excluding hydrogens is 318 g/mol. The first-order valence-corrected chi connectivity index (χ1v) is 8.87. The molecule has 1 saturated carbocycles. The summed E-state index contributed by atoms with van der Waals surface area (Å²) in [6.45, 7) is 6.55. The molecule has 1 saturated heterocycles. The molecule has 0 spiro atoms. The van der Waals surface area contributed by atoms with Gasteiger partial charge in [-0.3, -0.25) is 9.30 Å². The third-order valence-corrected chi connectivity index (χ3v) is 5.01. The number of fused-ring (bicyclic) bond motifs is 1. The third kappa shape index (κ3) is 2.76. The summed E-state index contributed by atoms with van der Waals surface area (Å²) in [7, 11) is 0. The third-order valence-electron chi connectivity index (χ3n) is 5.01. The molecule has 8 heteroatoms. The summed E-state index contributed by atoms with van der Waals surface area (Å²) in [5.74, 6) is 3.47. The van der Waals surface area contributed by atoms with Crippen molar-refractivity contribution in [2.24, 2.45) is 0 Å². The van der Waals surface area contributed by atoms with E-state index in [1.54, 1.807) is 0 Å². The monoisotopic (exact) mass is 339 g/mol. The SMILES string of the molecule is Cc1cc(CN2CCN(c3nccn4c(C5CC5)nnc34)CC2)no1. The topological polar surface area (TPSA) is 75.6 Å². The average molecular weight is 339 g/mol. The molecule has 3 aromatic heterocycles. The van der Waals surface area contributed by atoms with Crippen LogP contribution in [0.5, 0.6) is 0 Å². The van der Waals surface area contributed by atoms with E-state index in [0.717, 1.165) is 61.5 Å². The fourth-order valence-electron chi connectivity index (χ4n) is 3.51. The van der Waals surface area contributed by atoms with Gasteiger partial charge in [0.1, 0.15) is 11.6 Å². The minimum absolute atomic E-state index is 0.577. The molecule has 5 rings (SSSR count). The molecule has 4 heterocycles. The maximum Gasteiger partial charge on any atom is 0.203 e. The molecule has 0 aromatic carbocycles. The van der Waals surface area contributed by atoms with Crippen LogP contribution in [0, 0.1) is 6.92 Å². The zero-order chi connectivity index (χ0) is 16.8. The van der Waals surface area contributed by atoms with Gasteiger partial charge >= 0.3 is 0 Å². The number of piperazine rings is 1. The molecule has 0 bridgehead atoms. The first kappa shape index (κ1) is 14.8. The molecule has 2 fully saturated rings. The quantitative estimate of drug-likeness (QED) is 0.715. The lowest BCUT2D eigenvalue weighted by atomic mass is 10.2. The van der Waals surface area contributed by atoms with Gasteiger partial charge in [0.2, 0.25) is 5.65 Å². The Hall–Kier alpha value is -2.48. The Labute approximate surface area is 145 Å². The Kier molecular flexibility index (Phi) is 3.44. The average Bonchev–Trinajstić information content (AvgIpc) is 3.25. The number of hydrogen-bond donors (Lipinski definition) is 0. The van der Waals surface area contributed by atoms with Gasteiger partial charge in [-0.1, -0.05) is 5.16 Å². The Bertz CT molecular complexity index is 889. The van der Waals surface area contributed by atoms with Gasteiger partial charge in [-0.25, -0.2) is 4.98 Å². The highest BCUT2D eigenvalue weighted by Crippen LogP contribution is 2.39. The lowest BCUT2D eigenvalue weighted by molar-refractivity contribution is 0.241. The van der Waals surface area contributed by atoms with Gasteiger partial charge in [0.15, 0.2) is 5.82 Å². The molecule has 8 nitrogen and oxygen atoms in total. The van der Waals surface area contributed by atoms with Crippen molar-refractivity contribution >= 4 is 11.5 Å². The van der Waals surface area contributed by atoms with Gasteiger partial charge in [0.05, 0.1) is 5.69 Å². The zero-order valence-electron chi connectivity index (χ0n) is 14.3. The van der Waals surface area contributed by atoms with Crippen molar-refractivity contribution in [3.63, 3.8) is 0 Å². The van der Waals surface area contributed by atoms with Gasteiger partial charge in [-0.05, 0) is 19.8 Å². The predicted molar refractivity (Wildman–Crippen MR) is 91.5 cm³/mol. The van der Waals surface area contributed by atoms with Crippen LogP contribution in [0.15, 0.2) is 23.0 Å². The van der Waals surface area contributed by atoms with E-state index in [-0.39, 0.29) is 0 Å². The maximum absolute atomic E-state index is 5.16. The van der Waals surface area contributed by atoms with Crippen LogP contribution in [0.4, 0.5) is 5.82 Å². The summed E-state index contributed by atoms with van der Waals surface area (Å²) in [4.78, 5) is 9.30. The second kappa shape index (κ2) is 5.80. The fourth-order valence-corrected chi connectivity index (χ4v) is 3.51. The Morgan fingerprint density at radius 2 is 2.00 bits per heavy atom. The second-order valence-corrected chi connectivity index (χ2v) is 6.97. The lowest BCUT2D eigenvalue weighted by Gasteiger charge is -2.34. The van der Waals surface area contributed by atoms with Crippen molar-refractivity contribution in [2.45, 2.75) is 32.2 Å². The van der Waals surface area contributed by atoms with Crippen molar-refractivity contribution < 1.29 is 4.52 Å². The van der Waals surface area contributed by atoms with Crippen LogP contribution in [-0.4, -0.2) is 55.8 Å². The smallest absolute Gasteiger partial charge is 0.203 e. The molecule has 1 aliphatic heterocycles. The largest absolute Gasteiger partial charge is 0.361 e. The zero-order valence-corrected chi connectivity index (χ0v) is 14.3. The van der Waals surface area contributed by atoms with Crippen molar-refractivity contribution in [3.8, 4) is 0 Å². The van der Waals surface area contributed by atoms with Crippen LogP contribution in [0.3, 0.4) is 0 Å². The molecule has 2 aliphatic rings. The molecule has 25 heavy (non-hydrogen) atoms. The van der Waals surface area contributed by atoms with Crippen LogP contribution < -0.4 is 4.90 Å². The molecule has 0 unspecified atom stereocenters. The highest BCUT2D eigenvalue weighted by Gasteiger charge is 2.30. The Morgan fingerprint density at radius 1 is 1.16 bits per heavy atom. The summed E-state index contributed by atoms with van der Waals surface area (Å²) in [6.07, 6.45) is 6.29. The normalized spacial score (nSPS) is 19.0. The molecule has 0 amide bonds. The molecule has 0 N–H and O–H groups in total. The first-order valence-electron chi connectivity index (χ1n) is 8.87. The van der Waals surface area contributed by atoms with Crippen LogP contribution >= 0.6 is 0 Å². The summed E-state index contributed by atoms with van der Waals surface area (Å²) in [5, 5.41) is 12.9. The van der Waals surface area contributed by atoms with Gasteiger partial charge in [0.25, 0.3) is 0 Å². The highest BCUT2D eigenvalue weighted by molar-refractivity contribution is 5.64. The molecular formula is C17H21N7O. The summed E-state index contributed by atoms with van der Waals surface area (Å²) in [6, 6.07) is 2.00. The molecule has 1 aliphatic carbocycles. The number of nitrogens with zero attached hydrogens (tertiary/aromatic N) is 7. The van der Waals surface area contributed by atoms with Gasteiger partial charge < -0.3 is 9.42 Å². The maximum atomic E-state index is 5.16. The van der Waals surface area contributed by atoms with E-state index in [2.05, 4.69) is 34.5 Å². The van der Waals surface area contributed by atoms with E-state index in [9.17, 15) is 0 Å². The standard InChI is InChI=1S/C17H21N7O/c1-12-10-14(21-25-12)11-22-6-8-23(9-7-22)16-17-20-19-15(13-2-3-13)24(17)5-4-18-16/h4-5,10,13H,2-3,6-9,11H2,1H3. The molecule has 0 radical (unpaired) electrons. The molecule has 130 valence electrons. The molecule has 0 atom stereocenters. The minimum atomic E-state index is 0.577. The summed E-state index contributed by atoms with van der Waals surface area (Å²) < 4.78 is 7.27. The molecule has 3 aromatic rings. The van der Waals surface area contributed by atoms with E-state index >= 15 is 0 Å². The van der Waals surface area contributed by atoms with Crippen LogP contribution in [0.2, 0.25) is 0 Å². The van der Waals surface area contributed by atoms with Crippen LogP contribution in [0.1, 0.15) is 36.0 Å². The number of hydrogen-bond acceptors (Lipinski definition) is 7. The summed E-state index contributed by atoms with van der Waals surface area (Å²) in [5.41, 5.74) is 1.88. The van der Waals surface area contributed by atoms with Crippen molar-refractivity contribution in [2.75, 3.05) is 31.1 Å². The summed E-state index contributed by atoms with van der Waals surface area (Å²) >= 11 is 0. The van der Waals surface area contributed by atoms with Crippen molar-refractivity contribution in [3.05, 3.63) is 35.7 Å². The van der Waals surface area contributed by atoms with Gasteiger partial charge in [0, 0.05) is 57.1 Å². The fraction of sp³-hybridized carbons (Fsp3) is 0.529. The van der Waals surface area contributed by atoms with E-state index in [1.165, 1.54) is 12.8 Å². The first-order chi connectivity index (χ1) is 12.3. The lowest BCUT2D eigenvalue weighted by Crippen LogP contribution is -2.46. The number of aromatic nitrogens is 5. The number of anilines is 1. The van der Waals surface area contributed by atoms with Gasteiger partial charge in [-0.2, -0.15) is 0 Å². The van der Waals surface area contributed by atoms with Crippen LogP contribution in [0.25, 0.3) is 5.65 Å². The van der Waals surface area contributed by atoms with Crippen molar-refractivity contribution in [1.29, 1.82) is 0 Å². The van der Waals surface area contributed by atoms with E-state index in [1.807, 2.05) is 25.4 Å². The van der Waals surface area contributed by atoms with E-state index in [4.69, 9.17) is 4.52 Å². The number of rotatable bonds is 4. The second-order valence-electron chi connectivity index (χ2n) is 6.97. The number of aryl methyl sites for hydroxylation is 1. The Balaban J connectivity index is 1.31. The van der Waals surface area contributed by atoms with E-state index < -0.39 is 0 Å². The van der Waals surface area contributed by atoms with Crippen molar-refractivity contribution in [1.82, 2.24) is 29.6 Å². The Morgan fingerprint density at radius 3 is 2.72 bits per heavy atom. The highest BCUT2D eigenvalue weighted by atomic mass is 16.5. The minimum Gasteiger partial charge on any atom is -0.361 e. The van der Waals surface area contributed by atoms with Crippen LogP contribution in [-0.2, 0) is 6.54 Å².